The van der Waals surface area contributed by atoms with Gasteiger partial charge in [0.25, 0.3) is 0 Å². The number of carbonyl (C=O) groups excluding carboxylic acids is 1. The Morgan fingerprint density at radius 2 is 1.62 bits per heavy atom. The molecule has 0 radical (unpaired) electrons. The van der Waals surface area contributed by atoms with Gasteiger partial charge in [-0.25, -0.2) is 0 Å². The summed E-state index contributed by atoms with van der Waals surface area (Å²) in [4.78, 5) is 16.5. The topological polar surface area (TPSA) is 49.6 Å². The molecule has 0 bridgehead atoms. The second-order valence-electron chi connectivity index (χ2n) is 5.53. The van der Waals surface area contributed by atoms with Crippen LogP contribution in [0.15, 0.2) is 24.3 Å². The number of piperazine rings is 1. The lowest BCUT2D eigenvalue weighted by molar-refractivity contribution is -0.138. The number of benzene rings is 1. The van der Waals surface area contributed by atoms with Crippen LogP contribution < -0.4 is 10.6 Å². The lowest BCUT2D eigenvalue weighted by atomic mass is 9.84. The largest absolute Gasteiger partial charge is 0.399 e. The van der Waals surface area contributed by atoms with Crippen molar-refractivity contribution in [1.29, 1.82) is 0 Å². The van der Waals surface area contributed by atoms with Crippen LogP contribution in [0.3, 0.4) is 0 Å². The molecule has 1 aliphatic heterocycles. The molecule has 1 saturated heterocycles. The number of nitrogens with two attached hydrogens (primary N) is 1. The van der Waals surface area contributed by atoms with Crippen molar-refractivity contribution in [2.45, 2.75) is 33.1 Å². The smallest absolute Gasteiger partial charge is 0.225 e. The number of carbonyl (C=O) groups is 1. The zero-order chi connectivity index (χ0) is 15.2. The van der Waals surface area contributed by atoms with Gasteiger partial charge in [0, 0.05) is 43.5 Å². The van der Waals surface area contributed by atoms with Gasteiger partial charge in [0.2, 0.25) is 5.91 Å². The molecule has 4 nitrogen and oxygen atoms in total. The van der Waals surface area contributed by atoms with Crippen LogP contribution in [0.1, 0.15) is 33.1 Å². The fourth-order valence-corrected chi connectivity index (χ4v) is 2.78. The van der Waals surface area contributed by atoms with Crippen molar-refractivity contribution in [3.8, 4) is 0 Å². The third-order valence-electron chi connectivity index (χ3n) is 4.30. The molecule has 0 atom stereocenters. The monoisotopic (exact) mass is 289 g/mol. The van der Waals surface area contributed by atoms with Gasteiger partial charge in [0.15, 0.2) is 0 Å². The third-order valence-corrected chi connectivity index (χ3v) is 4.30. The molecule has 116 valence electrons. The van der Waals surface area contributed by atoms with E-state index in [-0.39, 0.29) is 0 Å². The van der Waals surface area contributed by atoms with Crippen molar-refractivity contribution in [1.82, 2.24) is 4.90 Å². The molecule has 0 aromatic heterocycles. The highest BCUT2D eigenvalue weighted by Crippen LogP contribution is 2.29. The molecule has 2 fully saturated rings. The number of hydrogen-bond acceptors (Lipinski definition) is 3. The minimum absolute atomic E-state index is 0.322. The highest BCUT2D eigenvalue weighted by Gasteiger charge is 2.31. The summed E-state index contributed by atoms with van der Waals surface area (Å²) in [5.41, 5.74) is 7.69. The van der Waals surface area contributed by atoms with Gasteiger partial charge in [0.1, 0.15) is 0 Å². The van der Waals surface area contributed by atoms with Gasteiger partial charge >= 0.3 is 0 Å². The maximum atomic E-state index is 12.2. The molecule has 2 N–H and O–H groups in total. The number of nitrogen functional groups attached to an aromatic ring is 1. The molecule has 1 saturated carbocycles. The first-order valence-corrected chi connectivity index (χ1v) is 8.13. The fraction of sp³-hybridized carbons (Fsp3) is 0.588. The molecule has 3 rings (SSSR count). The molecular weight excluding hydrogens is 262 g/mol. The SMILES string of the molecule is CC.Nc1ccc(N2CCN(C(=O)C3CCC3)CC2)cc1. The summed E-state index contributed by atoms with van der Waals surface area (Å²) >= 11 is 0. The van der Waals surface area contributed by atoms with Crippen molar-refractivity contribution in [2.24, 2.45) is 5.92 Å². The summed E-state index contributed by atoms with van der Waals surface area (Å²) in [5, 5.41) is 0. The summed E-state index contributed by atoms with van der Waals surface area (Å²) in [7, 11) is 0. The van der Waals surface area contributed by atoms with Crippen LogP contribution in [-0.2, 0) is 4.79 Å². The summed E-state index contributed by atoms with van der Waals surface area (Å²) in [6.45, 7) is 7.53. The van der Waals surface area contributed by atoms with Gasteiger partial charge in [-0.15, -0.1) is 0 Å². The number of hydrogen-bond donors (Lipinski definition) is 1. The van der Waals surface area contributed by atoms with Crippen molar-refractivity contribution in [3.05, 3.63) is 24.3 Å². The third kappa shape index (κ3) is 3.69. The summed E-state index contributed by atoms with van der Waals surface area (Å²) in [5.74, 6) is 0.700. The number of nitrogens with zero attached hydrogens (tertiary/aromatic N) is 2. The first-order valence-electron chi connectivity index (χ1n) is 8.13. The van der Waals surface area contributed by atoms with Crippen molar-refractivity contribution in [2.75, 3.05) is 36.8 Å². The maximum Gasteiger partial charge on any atom is 0.225 e. The van der Waals surface area contributed by atoms with Crippen LogP contribution in [-0.4, -0.2) is 37.0 Å². The highest BCUT2D eigenvalue weighted by atomic mass is 16.2. The molecule has 1 aromatic carbocycles. The summed E-state index contributed by atoms with van der Waals surface area (Å²) < 4.78 is 0. The van der Waals surface area contributed by atoms with E-state index in [1.807, 2.05) is 30.9 Å². The molecular formula is C17H27N3O. The predicted molar refractivity (Wildman–Crippen MR) is 88.3 cm³/mol. The average molecular weight is 289 g/mol. The summed E-state index contributed by atoms with van der Waals surface area (Å²) in [6, 6.07) is 7.97. The lowest BCUT2D eigenvalue weighted by Gasteiger charge is -2.39. The van der Waals surface area contributed by atoms with E-state index in [2.05, 4.69) is 17.0 Å². The lowest BCUT2D eigenvalue weighted by Crippen LogP contribution is -2.51. The Balaban J connectivity index is 0.000000774. The Hall–Kier alpha value is -1.71. The fourth-order valence-electron chi connectivity index (χ4n) is 2.78. The van der Waals surface area contributed by atoms with E-state index >= 15 is 0 Å². The number of rotatable bonds is 2. The van der Waals surface area contributed by atoms with Crippen LogP contribution in [0, 0.1) is 5.92 Å². The molecule has 0 spiro atoms. The van der Waals surface area contributed by atoms with E-state index < -0.39 is 0 Å². The minimum Gasteiger partial charge on any atom is -0.399 e. The Morgan fingerprint density at radius 1 is 1.05 bits per heavy atom. The first-order chi connectivity index (χ1) is 10.2. The van der Waals surface area contributed by atoms with Crippen LogP contribution in [0.4, 0.5) is 11.4 Å². The zero-order valence-electron chi connectivity index (χ0n) is 13.2. The quantitative estimate of drug-likeness (QED) is 0.852. The van der Waals surface area contributed by atoms with E-state index in [9.17, 15) is 4.79 Å². The van der Waals surface area contributed by atoms with Crippen LogP contribution in [0.2, 0.25) is 0 Å². The maximum absolute atomic E-state index is 12.2. The van der Waals surface area contributed by atoms with Gasteiger partial charge in [-0.2, -0.15) is 0 Å². The standard InChI is InChI=1S/C15H21N3O.C2H6/c16-13-4-6-14(7-5-13)17-8-10-18(11-9-17)15(19)12-2-1-3-12;1-2/h4-7,12H,1-3,8-11,16H2;1-2H3. The second-order valence-corrected chi connectivity index (χ2v) is 5.53. The van der Waals surface area contributed by atoms with Crippen molar-refractivity contribution < 1.29 is 4.79 Å². The molecule has 1 heterocycles. The molecule has 21 heavy (non-hydrogen) atoms. The van der Waals surface area contributed by atoms with Gasteiger partial charge in [-0.05, 0) is 37.1 Å². The van der Waals surface area contributed by atoms with E-state index in [0.717, 1.165) is 44.7 Å². The Bertz CT molecular complexity index is 446. The normalized spacial score (nSPS) is 18.6. The molecule has 4 heteroatoms. The molecule has 1 aliphatic carbocycles. The van der Waals surface area contributed by atoms with Crippen LogP contribution in [0.5, 0.6) is 0 Å². The van der Waals surface area contributed by atoms with Crippen molar-refractivity contribution >= 4 is 17.3 Å². The van der Waals surface area contributed by atoms with Crippen LogP contribution in [0.25, 0.3) is 0 Å². The molecule has 1 amide bonds. The van der Waals surface area contributed by atoms with E-state index in [0.29, 0.717) is 11.8 Å². The van der Waals surface area contributed by atoms with Gasteiger partial charge < -0.3 is 15.5 Å². The number of amides is 1. The van der Waals surface area contributed by atoms with E-state index in [4.69, 9.17) is 5.73 Å². The Kier molecular flexibility index (Phi) is 5.48. The van der Waals surface area contributed by atoms with Crippen molar-refractivity contribution in [3.63, 3.8) is 0 Å². The Morgan fingerprint density at radius 3 is 2.10 bits per heavy atom. The molecule has 1 aromatic rings. The minimum atomic E-state index is 0.322. The molecule has 2 aliphatic rings. The number of anilines is 2. The summed E-state index contributed by atoms with van der Waals surface area (Å²) in [6.07, 6.45) is 3.41. The highest BCUT2D eigenvalue weighted by molar-refractivity contribution is 5.79. The van der Waals surface area contributed by atoms with E-state index in [1.54, 1.807) is 0 Å². The second kappa shape index (κ2) is 7.34. The first kappa shape index (κ1) is 15.7. The Labute approximate surface area is 127 Å². The predicted octanol–water partition coefficient (Wildman–Crippen LogP) is 2.74. The molecule has 0 unspecified atom stereocenters. The van der Waals surface area contributed by atoms with Gasteiger partial charge in [-0.3, -0.25) is 4.79 Å². The average Bonchev–Trinajstić information content (AvgIpc) is 2.48. The van der Waals surface area contributed by atoms with Gasteiger partial charge in [-0.1, -0.05) is 20.3 Å². The van der Waals surface area contributed by atoms with Crippen LogP contribution >= 0.6 is 0 Å². The zero-order valence-corrected chi connectivity index (χ0v) is 13.2. The van der Waals surface area contributed by atoms with E-state index in [1.165, 1.54) is 12.1 Å². The van der Waals surface area contributed by atoms with Gasteiger partial charge in [0.05, 0.1) is 0 Å².